The maximum absolute atomic E-state index is 12.2. The van der Waals surface area contributed by atoms with Gasteiger partial charge in [0.1, 0.15) is 0 Å². The second kappa shape index (κ2) is 7.54. The average Bonchev–Trinajstić information content (AvgIpc) is 2.49. The maximum atomic E-state index is 12.2. The zero-order valence-corrected chi connectivity index (χ0v) is 13.0. The highest BCUT2D eigenvalue weighted by Crippen LogP contribution is 2.11. The van der Waals surface area contributed by atoms with E-state index in [1.54, 1.807) is 11.9 Å². The van der Waals surface area contributed by atoms with Gasteiger partial charge in [0.2, 0.25) is 0 Å². The molecule has 0 aromatic heterocycles. The molecule has 116 valence electrons. The Balaban J connectivity index is 1.99. The fraction of sp³-hybridized carbons (Fsp3) is 0.562. The summed E-state index contributed by atoms with van der Waals surface area (Å²) in [7, 11) is 3.86. The molecule has 0 radical (unpaired) electrons. The summed E-state index contributed by atoms with van der Waals surface area (Å²) in [5.41, 5.74) is 1.86. The molecule has 0 atom stereocenters. The third-order valence-electron chi connectivity index (χ3n) is 3.96. The number of nitrogens with zero attached hydrogens (tertiary/aromatic N) is 3. The number of benzene rings is 1. The lowest BCUT2D eigenvalue weighted by Crippen LogP contribution is -2.43. The fourth-order valence-electron chi connectivity index (χ4n) is 2.54. The number of hydrogen-bond donors (Lipinski definition) is 1. The van der Waals surface area contributed by atoms with Gasteiger partial charge in [0.25, 0.3) is 5.91 Å². The Morgan fingerprint density at radius 2 is 2.00 bits per heavy atom. The molecule has 1 fully saturated rings. The van der Waals surface area contributed by atoms with E-state index in [9.17, 15) is 4.79 Å². The average molecular weight is 291 g/mol. The minimum Gasteiger partial charge on any atom is -0.395 e. The van der Waals surface area contributed by atoms with Crippen LogP contribution in [0.4, 0.5) is 0 Å². The minimum atomic E-state index is -0.0377. The van der Waals surface area contributed by atoms with Crippen LogP contribution in [0.1, 0.15) is 15.9 Å². The van der Waals surface area contributed by atoms with Crippen LogP contribution in [0.15, 0.2) is 24.3 Å². The molecule has 1 aromatic rings. The topological polar surface area (TPSA) is 47.0 Å². The molecule has 5 heteroatoms. The second-order valence-electron chi connectivity index (χ2n) is 5.73. The summed E-state index contributed by atoms with van der Waals surface area (Å²) in [5, 5.41) is 8.92. The highest BCUT2D eigenvalue weighted by atomic mass is 16.3. The molecule has 1 N–H and O–H groups in total. The summed E-state index contributed by atoms with van der Waals surface area (Å²) < 4.78 is 0. The highest BCUT2D eigenvalue weighted by molar-refractivity contribution is 5.94. The largest absolute Gasteiger partial charge is 0.395 e. The summed E-state index contributed by atoms with van der Waals surface area (Å²) in [6.45, 7) is 5.57. The molecule has 1 heterocycles. The summed E-state index contributed by atoms with van der Waals surface area (Å²) in [6, 6.07) is 7.81. The summed E-state index contributed by atoms with van der Waals surface area (Å²) >= 11 is 0. The van der Waals surface area contributed by atoms with Crippen LogP contribution in [0.25, 0.3) is 0 Å². The molecule has 21 heavy (non-hydrogen) atoms. The molecule has 1 amide bonds. The lowest BCUT2D eigenvalue weighted by molar-refractivity contribution is 0.0766. The number of aliphatic hydroxyl groups excluding tert-OH is 1. The zero-order chi connectivity index (χ0) is 15.2. The number of rotatable bonds is 5. The Kier molecular flexibility index (Phi) is 5.73. The molecule has 1 aliphatic rings. The number of carbonyl (C=O) groups is 1. The molecule has 2 rings (SSSR count). The van der Waals surface area contributed by atoms with Crippen molar-refractivity contribution in [3.8, 4) is 0 Å². The van der Waals surface area contributed by atoms with Gasteiger partial charge in [0.15, 0.2) is 0 Å². The maximum Gasteiger partial charge on any atom is 0.253 e. The number of hydrogen-bond acceptors (Lipinski definition) is 4. The molecule has 1 aromatic carbocycles. The summed E-state index contributed by atoms with van der Waals surface area (Å²) in [4.78, 5) is 18.5. The van der Waals surface area contributed by atoms with Gasteiger partial charge in [-0.15, -0.1) is 0 Å². The number of carbonyl (C=O) groups excluding carboxylic acids is 1. The Morgan fingerprint density at radius 1 is 1.29 bits per heavy atom. The smallest absolute Gasteiger partial charge is 0.253 e. The van der Waals surface area contributed by atoms with Gasteiger partial charge in [0, 0.05) is 51.9 Å². The van der Waals surface area contributed by atoms with Crippen LogP contribution in [0, 0.1) is 0 Å². The quantitative estimate of drug-likeness (QED) is 0.858. The molecule has 0 aliphatic carbocycles. The van der Waals surface area contributed by atoms with Gasteiger partial charge < -0.3 is 14.9 Å². The van der Waals surface area contributed by atoms with Crippen LogP contribution in [-0.4, -0.2) is 79.1 Å². The summed E-state index contributed by atoms with van der Waals surface area (Å²) in [6.07, 6.45) is 0. The highest BCUT2D eigenvalue weighted by Gasteiger charge is 2.15. The predicted molar refractivity (Wildman–Crippen MR) is 83.3 cm³/mol. The van der Waals surface area contributed by atoms with E-state index in [4.69, 9.17) is 5.11 Å². The van der Waals surface area contributed by atoms with Crippen LogP contribution in [0.5, 0.6) is 0 Å². The van der Waals surface area contributed by atoms with Crippen molar-refractivity contribution in [2.24, 2.45) is 0 Å². The number of aliphatic hydroxyl groups is 1. The van der Waals surface area contributed by atoms with Crippen molar-refractivity contribution in [2.75, 3.05) is 53.4 Å². The van der Waals surface area contributed by atoms with Gasteiger partial charge >= 0.3 is 0 Å². The first-order valence-electron chi connectivity index (χ1n) is 7.46. The molecule has 0 unspecified atom stereocenters. The van der Waals surface area contributed by atoms with Crippen LogP contribution >= 0.6 is 0 Å². The van der Waals surface area contributed by atoms with Crippen molar-refractivity contribution in [1.82, 2.24) is 14.7 Å². The number of likely N-dealkylation sites (N-methyl/N-ethyl adjacent to an activating group) is 2. The van der Waals surface area contributed by atoms with Gasteiger partial charge in [-0.2, -0.15) is 0 Å². The number of amides is 1. The van der Waals surface area contributed by atoms with E-state index in [0.717, 1.165) is 32.7 Å². The van der Waals surface area contributed by atoms with E-state index in [0.29, 0.717) is 12.1 Å². The summed E-state index contributed by atoms with van der Waals surface area (Å²) in [5.74, 6) is -0.0377. The Labute approximate surface area is 126 Å². The van der Waals surface area contributed by atoms with Crippen LogP contribution in [-0.2, 0) is 6.54 Å². The molecular formula is C16H25N3O2. The van der Waals surface area contributed by atoms with Gasteiger partial charge in [-0.3, -0.25) is 9.69 Å². The van der Waals surface area contributed by atoms with Crippen molar-refractivity contribution in [1.29, 1.82) is 0 Å². The lowest BCUT2D eigenvalue weighted by Gasteiger charge is -2.32. The van der Waals surface area contributed by atoms with E-state index < -0.39 is 0 Å². The van der Waals surface area contributed by atoms with Gasteiger partial charge in [-0.1, -0.05) is 12.1 Å². The Hall–Kier alpha value is -1.43. The van der Waals surface area contributed by atoms with Crippen molar-refractivity contribution >= 4 is 5.91 Å². The van der Waals surface area contributed by atoms with Crippen molar-refractivity contribution in [2.45, 2.75) is 6.54 Å². The number of piperazine rings is 1. The lowest BCUT2D eigenvalue weighted by atomic mass is 10.1. The molecular weight excluding hydrogens is 266 g/mol. The zero-order valence-electron chi connectivity index (χ0n) is 13.0. The van der Waals surface area contributed by atoms with Gasteiger partial charge in [0.05, 0.1) is 6.61 Å². The second-order valence-corrected chi connectivity index (χ2v) is 5.73. The monoisotopic (exact) mass is 291 g/mol. The molecule has 1 saturated heterocycles. The first-order chi connectivity index (χ1) is 10.1. The van der Waals surface area contributed by atoms with Crippen LogP contribution in [0.2, 0.25) is 0 Å². The third kappa shape index (κ3) is 4.52. The van der Waals surface area contributed by atoms with Crippen molar-refractivity contribution < 1.29 is 9.90 Å². The van der Waals surface area contributed by atoms with Crippen LogP contribution < -0.4 is 0 Å². The molecule has 0 saturated carbocycles. The standard InChI is InChI=1S/C16H25N3O2/c1-17-6-8-19(9-7-17)13-14-4-3-5-15(12-14)16(21)18(2)10-11-20/h3-5,12,20H,6-11,13H2,1-2H3. The first-order valence-corrected chi connectivity index (χ1v) is 7.46. The molecule has 1 aliphatic heterocycles. The fourth-order valence-corrected chi connectivity index (χ4v) is 2.54. The molecule has 5 nitrogen and oxygen atoms in total. The van der Waals surface area contributed by atoms with E-state index in [1.165, 1.54) is 5.56 Å². The van der Waals surface area contributed by atoms with E-state index in [1.807, 2.05) is 18.2 Å². The predicted octanol–water partition coefficient (Wildman–Crippen LogP) is 0.498. The van der Waals surface area contributed by atoms with Gasteiger partial charge in [-0.05, 0) is 24.7 Å². The van der Waals surface area contributed by atoms with E-state index in [2.05, 4.69) is 22.9 Å². The first kappa shape index (κ1) is 15.9. The third-order valence-corrected chi connectivity index (χ3v) is 3.96. The Morgan fingerprint density at radius 3 is 2.67 bits per heavy atom. The minimum absolute atomic E-state index is 0.0107. The van der Waals surface area contributed by atoms with Crippen molar-refractivity contribution in [3.63, 3.8) is 0 Å². The molecule has 0 bridgehead atoms. The van der Waals surface area contributed by atoms with Crippen molar-refractivity contribution in [3.05, 3.63) is 35.4 Å². The Bertz CT molecular complexity index is 470. The SMILES string of the molecule is CN1CCN(Cc2cccc(C(=O)N(C)CCO)c2)CC1. The van der Waals surface area contributed by atoms with Crippen LogP contribution in [0.3, 0.4) is 0 Å². The van der Waals surface area contributed by atoms with E-state index in [-0.39, 0.29) is 12.5 Å². The molecule has 0 spiro atoms. The van der Waals surface area contributed by atoms with Gasteiger partial charge in [-0.25, -0.2) is 0 Å². The van der Waals surface area contributed by atoms with E-state index >= 15 is 0 Å². The normalized spacial score (nSPS) is 16.9.